The Balaban J connectivity index is 1.52. The zero-order valence-corrected chi connectivity index (χ0v) is 18.9. The molecule has 0 radical (unpaired) electrons. The number of piperidine rings is 1. The van der Waals surface area contributed by atoms with Gasteiger partial charge in [-0.25, -0.2) is 0 Å². The number of aromatic amines is 1. The van der Waals surface area contributed by atoms with Crippen LogP contribution in [0.2, 0.25) is 0 Å². The molecule has 2 amide bonds. The first kappa shape index (κ1) is 23.9. The molecule has 4 rings (SSSR count). The first-order valence-corrected chi connectivity index (χ1v) is 11.2. The van der Waals surface area contributed by atoms with Gasteiger partial charge in [-0.3, -0.25) is 34.3 Å². The van der Waals surface area contributed by atoms with Gasteiger partial charge >= 0.3 is 5.97 Å². The molecule has 0 unspecified atom stereocenters. The third kappa shape index (κ3) is 5.13. The van der Waals surface area contributed by atoms with Crippen molar-refractivity contribution in [2.24, 2.45) is 5.92 Å². The van der Waals surface area contributed by atoms with Crippen LogP contribution in [0.4, 0.5) is 23.1 Å². The van der Waals surface area contributed by atoms with Crippen LogP contribution < -0.4 is 21.1 Å². The van der Waals surface area contributed by atoms with Crippen LogP contribution in [0.5, 0.6) is 0 Å². The molecule has 1 aromatic carbocycles. The van der Waals surface area contributed by atoms with Gasteiger partial charge in [-0.15, -0.1) is 0 Å². The number of rotatable bonds is 6. The maximum absolute atomic E-state index is 13.0. The molecular weight excluding hydrogens is 460 g/mol. The Morgan fingerprint density at radius 3 is 2.54 bits per heavy atom. The molecule has 13 heteroatoms. The molecule has 1 aromatic heterocycles. The van der Waals surface area contributed by atoms with E-state index in [1.54, 1.807) is 6.92 Å². The van der Waals surface area contributed by atoms with E-state index in [0.717, 1.165) is 0 Å². The summed E-state index contributed by atoms with van der Waals surface area (Å²) in [5.41, 5.74) is -0.362. The van der Waals surface area contributed by atoms with Crippen molar-refractivity contribution in [2.45, 2.75) is 32.1 Å². The SMILES string of the molecule is CCOC(=O)C1CCN(c2nc3c(c(=O)[nH]2)[C@@H](C(=O)Nc2ccc([N+](=O)[O-])cc2)CC(=O)N3)CC1. The van der Waals surface area contributed by atoms with Crippen LogP contribution in [0.15, 0.2) is 29.1 Å². The predicted octanol–water partition coefficient (Wildman–Crippen LogP) is 1.52. The first-order chi connectivity index (χ1) is 16.8. The summed E-state index contributed by atoms with van der Waals surface area (Å²) in [5.74, 6) is -2.37. The second-order valence-corrected chi connectivity index (χ2v) is 8.26. The maximum Gasteiger partial charge on any atom is 0.309 e. The van der Waals surface area contributed by atoms with Crippen LogP contribution in [0.25, 0.3) is 0 Å². The van der Waals surface area contributed by atoms with Gasteiger partial charge in [0.15, 0.2) is 0 Å². The van der Waals surface area contributed by atoms with E-state index < -0.39 is 28.2 Å². The Morgan fingerprint density at radius 1 is 1.23 bits per heavy atom. The van der Waals surface area contributed by atoms with Gasteiger partial charge in [0.2, 0.25) is 17.8 Å². The Morgan fingerprint density at radius 2 is 1.91 bits per heavy atom. The van der Waals surface area contributed by atoms with Gasteiger partial charge in [-0.05, 0) is 31.9 Å². The van der Waals surface area contributed by atoms with Crippen molar-refractivity contribution in [1.29, 1.82) is 0 Å². The number of carbonyl (C=O) groups excluding carboxylic acids is 3. The summed E-state index contributed by atoms with van der Waals surface area (Å²) in [6, 6.07) is 5.21. The number of anilines is 3. The van der Waals surface area contributed by atoms with Gasteiger partial charge in [-0.1, -0.05) is 0 Å². The summed E-state index contributed by atoms with van der Waals surface area (Å²) in [7, 11) is 0. The lowest BCUT2D eigenvalue weighted by Crippen LogP contribution is -2.41. The molecule has 1 saturated heterocycles. The summed E-state index contributed by atoms with van der Waals surface area (Å²) < 4.78 is 5.07. The molecule has 0 saturated carbocycles. The number of amides is 2. The third-order valence-electron chi connectivity index (χ3n) is 6.02. The second kappa shape index (κ2) is 9.91. The van der Waals surface area contributed by atoms with E-state index in [4.69, 9.17) is 4.74 Å². The van der Waals surface area contributed by atoms with Crippen LogP contribution in [-0.4, -0.2) is 52.4 Å². The normalized spacial score (nSPS) is 17.8. The van der Waals surface area contributed by atoms with Crippen LogP contribution in [0.1, 0.15) is 37.7 Å². The van der Waals surface area contributed by atoms with Gasteiger partial charge in [0.05, 0.1) is 28.9 Å². The number of nitro benzene ring substituents is 1. The zero-order chi connectivity index (χ0) is 25.1. The zero-order valence-electron chi connectivity index (χ0n) is 18.9. The topological polar surface area (TPSA) is 177 Å². The number of hydrogen-bond acceptors (Lipinski definition) is 9. The minimum Gasteiger partial charge on any atom is -0.466 e. The van der Waals surface area contributed by atoms with E-state index in [1.807, 2.05) is 4.90 Å². The smallest absolute Gasteiger partial charge is 0.309 e. The molecule has 13 nitrogen and oxygen atoms in total. The second-order valence-electron chi connectivity index (χ2n) is 8.26. The van der Waals surface area contributed by atoms with Gasteiger partial charge < -0.3 is 20.3 Å². The number of H-pyrrole nitrogens is 1. The number of hydrogen-bond donors (Lipinski definition) is 3. The largest absolute Gasteiger partial charge is 0.466 e. The quantitative estimate of drug-likeness (QED) is 0.312. The summed E-state index contributed by atoms with van der Waals surface area (Å²) >= 11 is 0. The van der Waals surface area contributed by atoms with Gasteiger partial charge in [0, 0.05) is 37.3 Å². The summed E-state index contributed by atoms with van der Waals surface area (Å²) in [5, 5.41) is 16.0. The molecule has 2 aliphatic heterocycles. The van der Waals surface area contributed by atoms with Crippen molar-refractivity contribution in [3.05, 3.63) is 50.3 Å². The van der Waals surface area contributed by atoms with Gasteiger partial charge in [0.25, 0.3) is 11.2 Å². The number of aromatic nitrogens is 2. The van der Waals surface area contributed by atoms with Crippen molar-refractivity contribution in [3.8, 4) is 0 Å². The van der Waals surface area contributed by atoms with E-state index in [0.29, 0.717) is 38.2 Å². The lowest BCUT2D eigenvalue weighted by atomic mass is 9.92. The van der Waals surface area contributed by atoms with Crippen molar-refractivity contribution in [1.82, 2.24) is 9.97 Å². The van der Waals surface area contributed by atoms with Crippen molar-refractivity contribution >= 4 is 40.9 Å². The molecule has 1 atom stereocenters. The predicted molar refractivity (Wildman–Crippen MR) is 124 cm³/mol. The van der Waals surface area contributed by atoms with Crippen molar-refractivity contribution in [3.63, 3.8) is 0 Å². The number of non-ortho nitro benzene ring substituents is 1. The molecule has 0 aliphatic carbocycles. The molecular formula is C22H24N6O7. The standard InChI is InChI=1S/C22H24N6O7/c1-2-35-21(32)12-7-9-27(10-8-12)22-25-18-17(20(31)26-22)15(11-16(29)24-18)19(30)23-13-3-5-14(6-4-13)28(33)34/h3-6,12,15H,2,7-11H2,1H3,(H,23,30)(H2,24,25,26,29,31)/t15-/m0/s1. The number of nitrogens with zero attached hydrogens (tertiary/aromatic N) is 3. The molecule has 35 heavy (non-hydrogen) atoms. The molecule has 1 fully saturated rings. The summed E-state index contributed by atoms with van der Waals surface area (Å²) in [6.07, 6.45) is 0.819. The van der Waals surface area contributed by atoms with E-state index in [-0.39, 0.29) is 41.3 Å². The lowest BCUT2D eigenvalue weighted by molar-refractivity contribution is -0.384. The number of nitrogens with one attached hydrogen (secondary N) is 3. The maximum atomic E-state index is 13.0. The minimum atomic E-state index is -1.09. The number of nitro groups is 1. The summed E-state index contributed by atoms with van der Waals surface area (Å²) in [6.45, 7) is 2.99. The van der Waals surface area contributed by atoms with Crippen LogP contribution >= 0.6 is 0 Å². The lowest BCUT2D eigenvalue weighted by Gasteiger charge is -2.32. The number of fused-ring (bicyclic) bond motifs is 1. The van der Waals surface area contributed by atoms with E-state index in [1.165, 1.54) is 24.3 Å². The van der Waals surface area contributed by atoms with E-state index in [9.17, 15) is 29.3 Å². The molecule has 184 valence electrons. The number of carbonyl (C=O) groups is 3. The Hall–Kier alpha value is -4.29. The average molecular weight is 484 g/mol. The number of benzene rings is 1. The highest BCUT2D eigenvalue weighted by Crippen LogP contribution is 2.31. The van der Waals surface area contributed by atoms with Crippen molar-refractivity contribution in [2.75, 3.05) is 35.2 Å². The van der Waals surface area contributed by atoms with E-state index in [2.05, 4.69) is 20.6 Å². The van der Waals surface area contributed by atoms with Crippen LogP contribution in [-0.2, 0) is 19.1 Å². The van der Waals surface area contributed by atoms with E-state index >= 15 is 0 Å². The Bertz CT molecular complexity index is 1220. The summed E-state index contributed by atoms with van der Waals surface area (Å²) in [4.78, 5) is 69.3. The first-order valence-electron chi connectivity index (χ1n) is 11.2. The third-order valence-corrected chi connectivity index (χ3v) is 6.02. The molecule has 0 spiro atoms. The highest BCUT2D eigenvalue weighted by Gasteiger charge is 2.36. The number of esters is 1. The fourth-order valence-corrected chi connectivity index (χ4v) is 4.22. The Kier molecular flexibility index (Phi) is 6.75. The van der Waals surface area contributed by atoms with Gasteiger partial charge in [0.1, 0.15) is 5.82 Å². The molecule has 2 aromatic rings. The fraction of sp³-hybridized carbons (Fsp3) is 0.409. The fourth-order valence-electron chi connectivity index (χ4n) is 4.22. The molecule has 2 aliphatic rings. The minimum absolute atomic E-state index is 0.0105. The molecule has 0 bridgehead atoms. The molecule has 3 N–H and O–H groups in total. The molecule has 3 heterocycles. The van der Waals surface area contributed by atoms with Gasteiger partial charge in [-0.2, -0.15) is 4.98 Å². The van der Waals surface area contributed by atoms with Crippen LogP contribution in [0, 0.1) is 16.0 Å². The monoisotopic (exact) mass is 484 g/mol. The van der Waals surface area contributed by atoms with Crippen molar-refractivity contribution < 1.29 is 24.0 Å². The van der Waals surface area contributed by atoms with Crippen LogP contribution in [0.3, 0.4) is 0 Å². The average Bonchev–Trinajstić information content (AvgIpc) is 2.83. The highest BCUT2D eigenvalue weighted by molar-refractivity contribution is 6.04. The highest BCUT2D eigenvalue weighted by atomic mass is 16.6. The Labute approximate surface area is 199 Å². The number of ether oxygens (including phenoxy) is 1.